The van der Waals surface area contributed by atoms with Gasteiger partial charge in [0, 0.05) is 0 Å². The first-order chi connectivity index (χ1) is 5.95. The molecule has 0 fully saturated rings. The Hall–Kier alpha value is -0.177. The Bertz CT molecular complexity index is 180. The molecule has 0 N–H and O–H groups in total. The summed E-state index contributed by atoms with van der Waals surface area (Å²) >= 11 is -3.34. The van der Waals surface area contributed by atoms with E-state index in [1.165, 1.54) is 13.8 Å². The second kappa shape index (κ2) is 5.53. The molecule has 0 rings (SSSR count). The average molecular weight is 267 g/mol. The van der Waals surface area contributed by atoms with E-state index in [2.05, 4.69) is 0 Å². The molecule has 4 nitrogen and oxygen atoms in total. The van der Waals surface area contributed by atoms with Crippen LogP contribution in [0.3, 0.4) is 0 Å². The van der Waals surface area contributed by atoms with Gasteiger partial charge in [-0.2, -0.15) is 0 Å². The second-order valence-corrected chi connectivity index (χ2v) is 11.8. The van der Waals surface area contributed by atoms with Crippen LogP contribution in [0.5, 0.6) is 0 Å². The third kappa shape index (κ3) is 4.56. The zero-order chi connectivity index (χ0) is 10.5. The zero-order valence-electron chi connectivity index (χ0n) is 8.55. The van der Waals surface area contributed by atoms with Gasteiger partial charge in [0.15, 0.2) is 0 Å². The summed E-state index contributed by atoms with van der Waals surface area (Å²) in [6.45, 7) is 6.48. The Morgan fingerprint density at radius 1 is 1.00 bits per heavy atom. The van der Waals surface area contributed by atoms with Gasteiger partial charge in [-0.05, 0) is 0 Å². The van der Waals surface area contributed by atoms with Gasteiger partial charge in [0.2, 0.25) is 0 Å². The predicted octanol–water partition coefficient (Wildman–Crippen LogP) is 1.97. The number of carbonyl (C=O) groups is 2. The van der Waals surface area contributed by atoms with Crippen molar-refractivity contribution in [2.24, 2.45) is 0 Å². The van der Waals surface area contributed by atoms with Crippen LogP contribution >= 0.6 is 0 Å². The van der Waals surface area contributed by atoms with Crippen molar-refractivity contribution in [1.29, 1.82) is 0 Å². The van der Waals surface area contributed by atoms with E-state index in [-0.39, 0.29) is 11.9 Å². The monoisotopic (exact) mass is 266 g/mol. The van der Waals surface area contributed by atoms with E-state index in [0.717, 1.165) is 0 Å². The molecule has 5 heteroatoms. The van der Waals surface area contributed by atoms with E-state index >= 15 is 0 Å². The summed E-state index contributed by atoms with van der Waals surface area (Å²) in [5.41, 5.74) is 0. The molecular formula is C8H16O4Zr. The van der Waals surface area contributed by atoms with E-state index in [9.17, 15) is 9.59 Å². The van der Waals surface area contributed by atoms with Gasteiger partial charge in [0.25, 0.3) is 0 Å². The third-order valence-corrected chi connectivity index (χ3v) is 10.3. The van der Waals surface area contributed by atoms with Crippen LogP contribution in [0.15, 0.2) is 0 Å². The topological polar surface area (TPSA) is 52.6 Å². The minimum atomic E-state index is -3.34. The summed E-state index contributed by atoms with van der Waals surface area (Å²) in [5.74, 6) is -0.693. The fraction of sp³-hybridized carbons (Fsp3) is 0.750. The Kier molecular flexibility index (Phi) is 5.46. The van der Waals surface area contributed by atoms with Crippen molar-refractivity contribution in [2.75, 3.05) is 0 Å². The molecule has 0 saturated carbocycles. The molecule has 0 amide bonds. The summed E-state index contributed by atoms with van der Waals surface area (Å²) in [4.78, 5) is 21.6. The van der Waals surface area contributed by atoms with Crippen molar-refractivity contribution in [2.45, 2.75) is 36.0 Å². The molecule has 13 heavy (non-hydrogen) atoms. The molecule has 0 spiro atoms. The van der Waals surface area contributed by atoms with Crippen molar-refractivity contribution in [1.82, 2.24) is 0 Å². The van der Waals surface area contributed by atoms with Crippen LogP contribution in [0.2, 0.25) is 8.26 Å². The summed E-state index contributed by atoms with van der Waals surface area (Å²) in [7, 11) is 0. The summed E-state index contributed by atoms with van der Waals surface area (Å²) in [5, 5.41) is 0. The van der Waals surface area contributed by atoms with Gasteiger partial charge in [-0.3, -0.25) is 0 Å². The summed E-state index contributed by atoms with van der Waals surface area (Å²) in [6.07, 6.45) is 0. The fourth-order valence-electron chi connectivity index (χ4n) is 1.08. The molecule has 0 aromatic rings. The molecule has 0 aliphatic heterocycles. The maximum absolute atomic E-state index is 10.8. The van der Waals surface area contributed by atoms with E-state index < -0.39 is 21.1 Å². The van der Waals surface area contributed by atoms with Crippen molar-refractivity contribution >= 4 is 11.9 Å². The normalized spacial score (nSPS) is 10.8. The molecule has 0 aliphatic carbocycles. The van der Waals surface area contributed by atoms with Crippen LogP contribution in [-0.4, -0.2) is 11.9 Å². The Labute approximate surface area is 84.2 Å². The van der Waals surface area contributed by atoms with E-state index in [0.29, 0.717) is 8.26 Å². The number of hydrogen-bond donors (Lipinski definition) is 0. The molecule has 0 aromatic carbocycles. The van der Waals surface area contributed by atoms with Crippen molar-refractivity contribution in [3.8, 4) is 0 Å². The minimum absolute atomic E-state index is 0.347. The van der Waals surface area contributed by atoms with Gasteiger partial charge >= 0.3 is 84.3 Å². The van der Waals surface area contributed by atoms with Gasteiger partial charge in [-0.1, -0.05) is 0 Å². The van der Waals surface area contributed by atoms with Crippen LogP contribution < -0.4 is 0 Å². The first kappa shape index (κ1) is 12.8. The Morgan fingerprint density at radius 3 is 1.46 bits per heavy atom. The summed E-state index contributed by atoms with van der Waals surface area (Å²) in [6, 6.07) is 0. The Morgan fingerprint density at radius 2 is 1.31 bits per heavy atom. The fourth-order valence-corrected chi connectivity index (χ4v) is 6.41. The molecule has 0 radical (unpaired) electrons. The van der Waals surface area contributed by atoms with E-state index in [1.54, 1.807) is 0 Å². The number of hydrogen-bond acceptors (Lipinski definition) is 4. The summed E-state index contributed by atoms with van der Waals surface area (Å²) < 4.78 is 11.7. The molecule has 0 heterocycles. The molecular weight excluding hydrogens is 251 g/mol. The molecule has 76 valence electrons. The van der Waals surface area contributed by atoms with Gasteiger partial charge in [-0.15, -0.1) is 0 Å². The average Bonchev–Trinajstić information content (AvgIpc) is 2.01. The van der Waals surface area contributed by atoms with Crippen molar-refractivity contribution in [3.63, 3.8) is 0 Å². The van der Waals surface area contributed by atoms with Crippen LogP contribution in [-0.2, 0) is 36.4 Å². The second-order valence-electron chi connectivity index (χ2n) is 2.81. The van der Waals surface area contributed by atoms with Gasteiger partial charge < -0.3 is 0 Å². The van der Waals surface area contributed by atoms with E-state index in [4.69, 9.17) is 5.63 Å². The molecule has 0 saturated heterocycles. The quantitative estimate of drug-likeness (QED) is 0.781. The van der Waals surface area contributed by atoms with Crippen molar-refractivity contribution in [3.05, 3.63) is 0 Å². The first-order valence-corrected chi connectivity index (χ1v) is 9.83. The molecule has 0 aliphatic rings. The van der Waals surface area contributed by atoms with E-state index in [1.807, 2.05) is 13.8 Å². The molecule has 0 aromatic heterocycles. The molecule has 0 unspecified atom stereocenters. The molecule has 0 atom stereocenters. The van der Waals surface area contributed by atoms with Gasteiger partial charge in [0.1, 0.15) is 0 Å². The number of carbonyl (C=O) groups excluding carboxylic acids is 2. The number of rotatable bonds is 4. The van der Waals surface area contributed by atoms with Gasteiger partial charge in [0.05, 0.1) is 0 Å². The van der Waals surface area contributed by atoms with Crippen molar-refractivity contribution < 1.29 is 36.4 Å². The van der Waals surface area contributed by atoms with Crippen LogP contribution in [0.25, 0.3) is 0 Å². The van der Waals surface area contributed by atoms with Crippen LogP contribution in [0.1, 0.15) is 27.7 Å². The Balaban J connectivity index is 4.48. The zero-order valence-corrected chi connectivity index (χ0v) is 11.0. The SMILES string of the molecule is C[CH2][Zr]([CH2]C)([O]C(C)=O)[O]C(C)=O. The predicted molar refractivity (Wildman–Crippen MR) is 44.5 cm³/mol. The van der Waals surface area contributed by atoms with Crippen LogP contribution in [0.4, 0.5) is 0 Å². The van der Waals surface area contributed by atoms with Crippen LogP contribution in [0, 0.1) is 0 Å². The maximum atomic E-state index is 10.8. The van der Waals surface area contributed by atoms with Gasteiger partial charge in [-0.25, -0.2) is 0 Å². The first-order valence-electron chi connectivity index (χ1n) is 4.35. The standard InChI is InChI=1S/2C2H4O2.2C2H5.Zr/c2*1-2(3)4;2*1-2;/h2*1H3,(H,3,4);2*1H2,2H3;/q;;;;+2/p-2. The third-order valence-electron chi connectivity index (χ3n) is 1.74. The molecule has 0 bridgehead atoms.